The molecule has 1 aromatic carbocycles. The van der Waals surface area contributed by atoms with Gasteiger partial charge in [0.25, 0.3) is 5.91 Å². The highest BCUT2D eigenvalue weighted by Gasteiger charge is 2.44. The molecule has 1 aromatic rings. The minimum absolute atomic E-state index is 0.0421. The van der Waals surface area contributed by atoms with E-state index in [-0.39, 0.29) is 17.4 Å². The van der Waals surface area contributed by atoms with Crippen molar-refractivity contribution in [3.63, 3.8) is 0 Å². The minimum Gasteiger partial charge on any atom is -0.273 e. The molecule has 0 aromatic heterocycles. The Morgan fingerprint density at radius 2 is 1.95 bits per heavy atom. The van der Waals surface area contributed by atoms with Crippen LogP contribution in [0, 0.1) is 13.8 Å². The number of hydrogen-bond acceptors (Lipinski definition) is 2. The third-order valence-corrected chi connectivity index (χ3v) is 4.32. The lowest BCUT2D eigenvalue weighted by atomic mass is 9.69. The van der Waals surface area contributed by atoms with Crippen LogP contribution in [0.3, 0.4) is 0 Å². The molecule has 0 bridgehead atoms. The van der Waals surface area contributed by atoms with Crippen molar-refractivity contribution in [3.05, 3.63) is 34.4 Å². The van der Waals surface area contributed by atoms with E-state index in [4.69, 9.17) is 5.84 Å². The van der Waals surface area contributed by atoms with E-state index in [9.17, 15) is 4.79 Å². The minimum atomic E-state index is -0.105. The number of fused-ring (bicyclic) bond motifs is 1. The fraction of sp³-hybridized carbons (Fsp3) is 0.562. The van der Waals surface area contributed by atoms with Crippen molar-refractivity contribution in [1.82, 2.24) is 5.01 Å². The van der Waals surface area contributed by atoms with Crippen molar-refractivity contribution in [1.29, 1.82) is 0 Å². The maximum Gasteiger partial charge on any atom is 0.268 e. The highest BCUT2D eigenvalue weighted by molar-refractivity contribution is 5.98. The molecule has 19 heavy (non-hydrogen) atoms. The van der Waals surface area contributed by atoms with E-state index in [1.54, 1.807) is 0 Å². The summed E-state index contributed by atoms with van der Waals surface area (Å²) in [4.78, 5) is 12.5. The summed E-state index contributed by atoms with van der Waals surface area (Å²) in [6, 6.07) is 4.19. The van der Waals surface area contributed by atoms with Gasteiger partial charge in [-0.3, -0.25) is 9.80 Å². The second-order valence-corrected chi connectivity index (χ2v) is 6.24. The van der Waals surface area contributed by atoms with Crippen LogP contribution in [0.2, 0.25) is 0 Å². The molecule has 3 heteroatoms. The Morgan fingerprint density at radius 3 is 2.53 bits per heavy atom. The quantitative estimate of drug-likeness (QED) is 0.656. The molecule has 1 amide bonds. The SMILES string of the molecule is CCC[C@@H]1N(N)C(=O)c2cc(C)cc(C)c2C1(C)C. The van der Waals surface area contributed by atoms with Gasteiger partial charge in [0.05, 0.1) is 6.04 Å². The van der Waals surface area contributed by atoms with Gasteiger partial charge in [-0.15, -0.1) is 0 Å². The van der Waals surface area contributed by atoms with E-state index in [0.717, 1.165) is 24.0 Å². The van der Waals surface area contributed by atoms with Crippen LogP contribution in [-0.2, 0) is 5.41 Å². The Labute approximate surface area is 115 Å². The van der Waals surface area contributed by atoms with Crippen LogP contribution in [0.1, 0.15) is 60.7 Å². The molecule has 0 saturated heterocycles. The first-order chi connectivity index (χ1) is 8.80. The Morgan fingerprint density at radius 1 is 1.32 bits per heavy atom. The van der Waals surface area contributed by atoms with Gasteiger partial charge in [-0.05, 0) is 37.5 Å². The summed E-state index contributed by atoms with van der Waals surface area (Å²) >= 11 is 0. The molecule has 1 atom stereocenters. The van der Waals surface area contributed by atoms with Gasteiger partial charge in [0.1, 0.15) is 0 Å². The van der Waals surface area contributed by atoms with Crippen LogP contribution in [0.4, 0.5) is 0 Å². The molecule has 0 radical (unpaired) electrons. The molecule has 2 N–H and O–H groups in total. The number of rotatable bonds is 2. The molecule has 0 fully saturated rings. The van der Waals surface area contributed by atoms with Crippen LogP contribution in [0.15, 0.2) is 12.1 Å². The molecule has 0 spiro atoms. The molecule has 0 saturated carbocycles. The zero-order chi connectivity index (χ0) is 14.4. The normalized spacial score (nSPS) is 21.5. The molecule has 2 rings (SSSR count). The Kier molecular flexibility index (Phi) is 3.43. The van der Waals surface area contributed by atoms with Crippen LogP contribution < -0.4 is 5.84 Å². The standard InChI is InChI=1S/C16H24N2O/c1-6-7-13-16(4,5)14-11(3)8-10(2)9-12(14)15(19)18(13)17/h8-9,13H,6-7,17H2,1-5H3/t13-/m0/s1. The number of carbonyl (C=O) groups excluding carboxylic acids is 1. The van der Waals surface area contributed by atoms with Crippen LogP contribution in [0.5, 0.6) is 0 Å². The average molecular weight is 260 g/mol. The van der Waals surface area contributed by atoms with E-state index in [2.05, 4.69) is 33.8 Å². The summed E-state index contributed by atoms with van der Waals surface area (Å²) < 4.78 is 0. The number of nitrogens with two attached hydrogens (primary N) is 1. The van der Waals surface area contributed by atoms with Crippen LogP contribution >= 0.6 is 0 Å². The van der Waals surface area contributed by atoms with E-state index in [1.807, 2.05) is 13.0 Å². The van der Waals surface area contributed by atoms with Crippen molar-refractivity contribution in [3.8, 4) is 0 Å². The fourth-order valence-electron chi connectivity index (χ4n) is 3.56. The van der Waals surface area contributed by atoms with Gasteiger partial charge >= 0.3 is 0 Å². The summed E-state index contributed by atoms with van der Waals surface area (Å²) in [6.45, 7) is 10.6. The third-order valence-electron chi connectivity index (χ3n) is 4.32. The first-order valence-electron chi connectivity index (χ1n) is 7.00. The third kappa shape index (κ3) is 2.06. The van der Waals surface area contributed by atoms with Gasteiger partial charge < -0.3 is 0 Å². The Hall–Kier alpha value is -1.35. The van der Waals surface area contributed by atoms with Gasteiger partial charge in [-0.2, -0.15) is 0 Å². The molecule has 0 unspecified atom stereocenters. The zero-order valence-corrected chi connectivity index (χ0v) is 12.6. The van der Waals surface area contributed by atoms with Crippen molar-refractivity contribution in [2.45, 2.75) is 58.9 Å². The Balaban J connectivity index is 2.67. The summed E-state index contributed by atoms with van der Waals surface area (Å²) in [6.07, 6.45) is 1.96. The number of hydrazine groups is 1. The summed E-state index contributed by atoms with van der Waals surface area (Å²) in [5.74, 6) is 6.04. The van der Waals surface area contributed by atoms with E-state index in [0.29, 0.717) is 0 Å². The smallest absolute Gasteiger partial charge is 0.268 e. The second kappa shape index (κ2) is 4.64. The summed E-state index contributed by atoms with van der Waals surface area (Å²) in [5, 5.41) is 1.45. The molecule has 104 valence electrons. The number of amides is 1. The van der Waals surface area contributed by atoms with Gasteiger partial charge in [0.2, 0.25) is 0 Å². The van der Waals surface area contributed by atoms with E-state index < -0.39 is 0 Å². The lowest BCUT2D eigenvalue weighted by molar-refractivity contribution is 0.0514. The summed E-state index contributed by atoms with van der Waals surface area (Å²) in [5.41, 5.74) is 4.15. The maximum absolute atomic E-state index is 12.5. The topological polar surface area (TPSA) is 46.3 Å². The first-order valence-corrected chi connectivity index (χ1v) is 7.00. The number of nitrogens with zero attached hydrogens (tertiary/aromatic N) is 1. The molecule has 3 nitrogen and oxygen atoms in total. The number of benzene rings is 1. The summed E-state index contributed by atoms with van der Waals surface area (Å²) in [7, 11) is 0. The maximum atomic E-state index is 12.5. The second-order valence-electron chi connectivity index (χ2n) is 6.24. The van der Waals surface area contributed by atoms with Crippen molar-refractivity contribution in [2.24, 2.45) is 5.84 Å². The van der Waals surface area contributed by atoms with Crippen molar-refractivity contribution in [2.75, 3.05) is 0 Å². The van der Waals surface area contributed by atoms with Gasteiger partial charge in [-0.25, -0.2) is 5.84 Å². The van der Waals surface area contributed by atoms with Gasteiger partial charge in [0, 0.05) is 11.0 Å². The lowest BCUT2D eigenvalue weighted by Gasteiger charge is -2.46. The number of aryl methyl sites for hydroxylation is 2. The molecule has 1 aliphatic heterocycles. The first kappa shape index (κ1) is 14.1. The van der Waals surface area contributed by atoms with E-state index in [1.165, 1.54) is 16.1 Å². The zero-order valence-electron chi connectivity index (χ0n) is 12.6. The molecule has 0 aliphatic carbocycles. The molecular weight excluding hydrogens is 236 g/mol. The van der Waals surface area contributed by atoms with Gasteiger partial charge in [-0.1, -0.05) is 38.8 Å². The highest BCUT2D eigenvalue weighted by atomic mass is 16.2. The molecule has 1 heterocycles. The predicted octanol–water partition coefficient (Wildman–Crippen LogP) is 3.08. The van der Waals surface area contributed by atoms with E-state index >= 15 is 0 Å². The fourth-order valence-corrected chi connectivity index (χ4v) is 3.56. The average Bonchev–Trinajstić information content (AvgIpc) is 2.31. The lowest BCUT2D eigenvalue weighted by Crippen LogP contribution is -2.58. The largest absolute Gasteiger partial charge is 0.273 e. The predicted molar refractivity (Wildman–Crippen MR) is 78.0 cm³/mol. The highest BCUT2D eigenvalue weighted by Crippen LogP contribution is 2.41. The molecular formula is C16H24N2O. The van der Waals surface area contributed by atoms with Gasteiger partial charge in [0.15, 0.2) is 0 Å². The monoisotopic (exact) mass is 260 g/mol. The van der Waals surface area contributed by atoms with Crippen LogP contribution in [-0.4, -0.2) is 17.0 Å². The molecule has 1 aliphatic rings. The number of carbonyl (C=O) groups is 1. The van der Waals surface area contributed by atoms with Crippen molar-refractivity contribution < 1.29 is 4.79 Å². The van der Waals surface area contributed by atoms with Crippen LogP contribution in [0.25, 0.3) is 0 Å². The van der Waals surface area contributed by atoms with Crippen molar-refractivity contribution >= 4 is 5.91 Å². The number of hydrogen-bond donors (Lipinski definition) is 1. The Bertz CT molecular complexity index is 520.